The molecule has 170 valence electrons. The zero-order chi connectivity index (χ0) is 22.0. The van der Waals surface area contributed by atoms with Crippen LogP contribution in [-0.4, -0.2) is 11.7 Å². The Morgan fingerprint density at radius 1 is 0.967 bits per heavy atom. The van der Waals surface area contributed by atoms with E-state index in [2.05, 4.69) is 28.0 Å². The number of anilines is 2. The molecular weight excluding hydrogens is 455 g/mol. The molecule has 1 heterocycles. The third kappa shape index (κ3) is 7.78. The summed E-state index contributed by atoms with van der Waals surface area (Å²) in [5, 5.41) is 5.92. The fourth-order valence-corrected chi connectivity index (χ4v) is 4.71. The molecule has 30 heavy (non-hydrogen) atoms. The summed E-state index contributed by atoms with van der Waals surface area (Å²) in [5.41, 5.74) is 5.59. The number of unbranched alkanes of at least 4 members (excludes halogenated alkanes) is 10. The van der Waals surface area contributed by atoms with Crippen molar-refractivity contribution >= 4 is 33.6 Å². The largest absolute Gasteiger partial charge is 0.418 e. The van der Waals surface area contributed by atoms with Crippen LogP contribution in [0.25, 0.3) is 0 Å². The smallest absolute Gasteiger partial charge is 0.398 e. The minimum absolute atomic E-state index is 0.215. The van der Waals surface area contributed by atoms with Gasteiger partial charge in [0.1, 0.15) is 6.34 Å². The van der Waals surface area contributed by atoms with E-state index in [9.17, 15) is 13.2 Å². The third-order valence-electron chi connectivity index (χ3n) is 5.77. The van der Waals surface area contributed by atoms with Gasteiger partial charge in [-0.1, -0.05) is 93.5 Å². The normalized spacial score (nSPS) is 14.4. The molecule has 1 aliphatic heterocycles. The lowest BCUT2D eigenvalue weighted by Gasteiger charge is -2.24. The topological polar surface area (TPSA) is 41.4 Å². The molecule has 0 radical (unpaired) electrons. The molecule has 1 aromatic rings. The first kappa shape index (κ1) is 25.0. The van der Waals surface area contributed by atoms with Gasteiger partial charge in [-0.2, -0.15) is 18.3 Å². The first-order valence-electron chi connectivity index (χ1n) is 11.3. The molecule has 0 saturated heterocycles. The predicted octanol–water partition coefficient (Wildman–Crippen LogP) is 8.23. The molecule has 3 nitrogen and oxygen atoms in total. The van der Waals surface area contributed by atoms with Crippen molar-refractivity contribution in [3.05, 3.63) is 23.3 Å². The Labute approximate surface area is 187 Å². The lowest BCUT2D eigenvalue weighted by atomic mass is 9.88. The predicted molar refractivity (Wildman–Crippen MR) is 124 cm³/mol. The van der Waals surface area contributed by atoms with Crippen LogP contribution in [0.5, 0.6) is 0 Å². The van der Waals surface area contributed by atoms with Gasteiger partial charge >= 0.3 is 6.18 Å². The van der Waals surface area contributed by atoms with E-state index in [4.69, 9.17) is 5.73 Å². The second kappa shape index (κ2) is 12.6. The van der Waals surface area contributed by atoms with Crippen molar-refractivity contribution in [2.75, 3.05) is 16.1 Å². The van der Waals surface area contributed by atoms with E-state index in [0.29, 0.717) is 17.4 Å². The zero-order valence-electron chi connectivity index (χ0n) is 18.0. The number of rotatable bonds is 15. The maximum Gasteiger partial charge on any atom is 0.418 e. The van der Waals surface area contributed by atoms with Crippen LogP contribution in [0.2, 0.25) is 0 Å². The zero-order valence-corrected chi connectivity index (χ0v) is 19.6. The molecule has 0 spiro atoms. The van der Waals surface area contributed by atoms with Gasteiger partial charge in [0.25, 0.3) is 0 Å². The van der Waals surface area contributed by atoms with E-state index in [1.54, 1.807) is 6.07 Å². The maximum atomic E-state index is 13.8. The summed E-state index contributed by atoms with van der Waals surface area (Å²) >= 11 is 3.44. The minimum atomic E-state index is -4.48. The number of nitrogens with two attached hydrogens (primary N) is 1. The van der Waals surface area contributed by atoms with Gasteiger partial charge in [0.15, 0.2) is 0 Å². The molecule has 0 saturated carbocycles. The van der Waals surface area contributed by atoms with E-state index in [-0.39, 0.29) is 17.2 Å². The Morgan fingerprint density at radius 2 is 1.50 bits per heavy atom. The van der Waals surface area contributed by atoms with Crippen LogP contribution >= 0.6 is 15.9 Å². The summed E-state index contributed by atoms with van der Waals surface area (Å²) in [6.45, 7) is 2.23. The second-order valence-electron chi connectivity index (χ2n) is 8.21. The van der Waals surface area contributed by atoms with Gasteiger partial charge in [-0.15, -0.1) is 0 Å². The summed E-state index contributed by atoms with van der Waals surface area (Å²) < 4.78 is 41.3. The highest BCUT2D eigenvalue weighted by Gasteiger charge is 2.40. The molecule has 0 aliphatic carbocycles. The summed E-state index contributed by atoms with van der Waals surface area (Å²) in [7, 11) is 0. The first-order valence-corrected chi connectivity index (χ1v) is 12.4. The Balaban J connectivity index is 1.84. The van der Waals surface area contributed by atoms with Gasteiger partial charge in [0.05, 0.1) is 11.3 Å². The van der Waals surface area contributed by atoms with Gasteiger partial charge in [-0.3, -0.25) is 0 Å². The minimum Gasteiger partial charge on any atom is -0.398 e. The van der Waals surface area contributed by atoms with Crippen molar-refractivity contribution in [3.63, 3.8) is 0 Å². The summed E-state index contributed by atoms with van der Waals surface area (Å²) in [4.78, 5) is 0. The molecule has 0 bridgehead atoms. The Morgan fingerprint density at radius 3 is 1.97 bits per heavy atom. The SMILES string of the molecule is CCCCCCCCCCCCCC(CBr)c1c(N2C=N2)ccc(N)c1C(F)(F)F. The van der Waals surface area contributed by atoms with E-state index < -0.39 is 11.7 Å². The Bertz CT molecular complexity index is 670. The number of nitrogens with zero attached hydrogens (tertiary/aromatic N) is 2. The monoisotopic (exact) mass is 489 g/mol. The fraction of sp³-hybridized carbons (Fsp3) is 0.696. The van der Waals surface area contributed by atoms with Crippen molar-refractivity contribution in [1.29, 1.82) is 0 Å². The quantitative estimate of drug-likeness (QED) is 0.153. The average Bonchev–Trinajstić information content (AvgIpc) is 3.53. The standard InChI is InChI=1S/C23H35BrF3N3/c1-2-3-4-5-6-7-8-9-10-11-12-13-18(16-24)21-20(30-17-29-30)15-14-19(28)22(21)23(25,26)27/h14-15,17-18H,2-13,16,28H2,1H3. The van der Waals surface area contributed by atoms with Gasteiger partial charge in [0.2, 0.25) is 0 Å². The molecular formula is C23H35BrF3N3. The van der Waals surface area contributed by atoms with E-state index in [1.807, 2.05) is 0 Å². The van der Waals surface area contributed by atoms with Crippen LogP contribution in [0.15, 0.2) is 17.2 Å². The van der Waals surface area contributed by atoms with Crippen LogP contribution in [-0.2, 0) is 6.18 Å². The Kier molecular flexibility index (Phi) is 10.5. The van der Waals surface area contributed by atoms with Gasteiger partial charge < -0.3 is 5.73 Å². The number of nitrogen functional groups attached to an aromatic ring is 1. The van der Waals surface area contributed by atoms with Crippen LogP contribution in [0.3, 0.4) is 0 Å². The number of halogens is 4. The van der Waals surface area contributed by atoms with Crippen LogP contribution in [0.1, 0.15) is 101 Å². The molecule has 2 rings (SSSR count). The molecule has 0 fully saturated rings. The van der Waals surface area contributed by atoms with Crippen molar-refractivity contribution in [3.8, 4) is 0 Å². The third-order valence-corrected chi connectivity index (χ3v) is 6.55. The summed E-state index contributed by atoms with van der Waals surface area (Å²) in [6, 6.07) is 2.97. The van der Waals surface area contributed by atoms with E-state index in [0.717, 1.165) is 19.3 Å². The number of alkyl halides is 4. The van der Waals surface area contributed by atoms with Crippen LogP contribution in [0, 0.1) is 0 Å². The van der Waals surface area contributed by atoms with E-state index in [1.165, 1.54) is 68.8 Å². The highest BCUT2D eigenvalue weighted by molar-refractivity contribution is 9.09. The van der Waals surface area contributed by atoms with Gasteiger partial charge in [0, 0.05) is 11.0 Å². The first-order chi connectivity index (χ1) is 14.4. The van der Waals surface area contributed by atoms with Crippen molar-refractivity contribution in [1.82, 2.24) is 0 Å². The maximum absolute atomic E-state index is 13.8. The average molecular weight is 490 g/mol. The van der Waals surface area contributed by atoms with Crippen molar-refractivity contribution < 1.29 is 13.2 Å². The van der Waals surface area contributed by atoms with Crippen molar-refractivity contribution in [2.24, 2.45) is 5.10 Å². The Hall–Kier alpha value is -1.24. The molecule has 1 atom stereocenters. The van der Waals surface area contributed by atoms with Crippen LogP contribution < -0.4 is 10.7 Å². The van der Waals surface area contributed by atoms with E-state index >= 15 is 0 Å². The molecule has 1 aliphatic rings. The molecule has 1 unspecified atom stereocenters. The summed E-state index contributed by atoms with van der Waals surface area (Å²) in [5.74, 6) is -0.247. The lowest BCUT2D eigenvalue weighted by Crippen LogP contribution is -2.18. The second-order valence-corrected chi connectivity index (χ2v) is 8.86. The number of hydrogen-bond acceptors (Lipinski definition) is 3. The molecule has 1 aromatic carbocycles. The number of benzene rings is 1. The highest BCUT2D eigenvalue weighted by atomic mass is 79.9. The highest BCUT2D eigenvalue weighted by Crippen LogP contribution is 2.46. The summed E-state index contributed by atoms with van der Waals surface area (Å²) in [6.07, 6.45) is 11.3. The van der Waals surface area contributed by atoms with Crippen molar-refractivity contribution in [2.45, 2.75) is 96.1 Å². The molecule has 0 amide bonds. The number of hydrogen-bond donors (Lipinski definition) is 1. The van der Waals surface area contributed by atoms with Gasteiger partial charge in [-0.25, -0.2) is 5.01 Å². The fourth-order valence-electron chi connectivity index (χ4n) is 4.06. The molecule has 7 heteroatoms. The molecule has 0 aromatic heterocycles. The lowest BCUT2D eigenvalue weighted by molar-refractivity contribution is -0.137. The number of hydrazone groups is 1. The van der Waals surface area contributed by atoms with Gasteiger partial charge in [-0.05, 0) is 30.0 Å². The van der Waals surface area contributed by atoms with Crippen LogP contribution in [0.4, 0.5) is 24.5 Å². The molecule has 2 N–H and O–H groups in total.